The van der Waals surface area contributed by atoms with E-state index in [2.05, 4.69) is 238 Å². The molecule has 0 bridgehead atoms. The van der Waals surface area contributed by atoms with Crippen LogP contribution in [-0.2, 0) is 0 Å². The molecule has 9 aromatic carbocycles. The Morgan fingerprint density at radius 3 is 1.37 bits per heavy atom. The number of nitrogens with zero attached hydrogens (tertiary/aromatic N) is 3. The predicted molar refractivity (Wildman–Crippen MR) is 241 cm³/mol. The molecule has 0 fully saturated rings. The van der Waals surface area contributed by atoms with Crippen LogP contribution in [0.5, 0.6) is 0 Å². The summed E-state index contributed by atoms with van der Waals surface area (Å²) in [4.78, 5) is 2.42. The van der Waals surface area contributed by atoms with Crippen molar-refractivity contribution in [3.63, 3.8) is 0 Å². The van der Waals surface area contributed by atoms with Gasteiger partial charge >= 0.3 is 0 Å². The van der Waals surface area contributed by atoms with Crippen LogP contribution in [0.15, 0.2) is 224 Å². The van der Waals surface area contributed by atoms with Crippen molar-refractivity contribution in [3.05, 3.63) is 224 Å². The number of benzene rings is 9. The van der Waals surface area contributed by atoms with Gasteiger partial charge in [0.25, 0.3) is 0 Å². The average Bonchev–Trinajstić information content (AvgIpc) is 3.80. The van der Waals surface area contributed by atoms with Gasteiger partial charge in [0, 0.05) is 49.9 Å². The van der Waals surface area contributed by atoms with Crippen LogP contribution in [0.2, 0.25) is 0 Å². The van der Waals surface area contributed by atoms with Gasteiger partial charge in [0.2, 0.25) is 0 Å². The molecule has 3 heteroatoms. The van der Waals surface area contributed by atoms with Crippen molar-refractivity contribution in [2.75, 3.05) is 4.90 Å². The van der Waals surface area contributed by atoms with Crippen molar-refractivity contribution < 1.29 is 0 Å². The lowest BCUT2D eigenvalue weighted by molar-refractivity contribution is 1.18. The third-order valence-electron chi connectivity index (χ3n) is 11.3. The van der Waals surface area contributed by atoms with Crippen molar-refractivity contribution in [1.29, 1.82) is 0 Å². The zero-order chi connectivity index (χ0) is 37.7. The second kappa shape index (κ2) is 13.6. The maximum atomic E-state index is 2.42. The van der Waals surface area contributed by atoms with Gasteiger partial charge in [-0.15, -0.1) is 0 Å². The number of aromatic nitrogens is 2. The van der Waals surface area contributed by atoms with Crippen LogP contribution >= 0.6 is 0 Å². The molecule has 0 N–H and O–H groups in total. The first-order valence-electron chi connectivity index (χ1n) is 19.5. The molecular weight excluding hydrogens is 691 g/mol. The summed E-state index contributed by atoms with van der Waals surface area (Å²) in [6.07, 6.45) is 0. The fourth-order valence-electron chi connectivity index (χ4n) is 8.72. The van der Waals surface area contributed by atoms with E-state index in [1.807, 2.05) is 0 Å². The van der Waals surface area contributed by atoms with Gasteiger partial charge in [0.15, 0.2) is 0 Å². The van der Waals surface area contributed by atoms with E-state index in [0.717, 1.165) is 45.1 Å². The Kier molecular flexibility index (Phi) is 7.82. The van der Waals surface area contributed by atoms with E-state index >= 15 is 0 Å². The average molecular weight is 728 g/mol. The largest absolute Gasteiger partial charge is 0.310 e. The first kappa shape index (κ1) is 32.8. The lowest BCUT2D eigenvalue weighted by Gasteiger charge is -2.28. The molecule has 0 aliphatic rings. The highest BCUT2D eigenvalue weighted by atomic mass is 15.1. The second-order valence-corrected chi connectivity index (χ2v) is 14.6. The predicted octanol–water partition coefficient (Wildman–Crippen LogP) is 14.7. The zero-order valence-corrected chi connectivity index (χ0v) is 31.2. The number of anilines is 3. The standard InChI is InChI=1S/C54H37N3/c1-5-17-38(18-6-1)39-30-34-52(49(35-39)40-29-32-47-45-25-13-15-27-50(45)56(53(47)36-40)42-21-9-3-10-22-42)55(41-19-7-2-8-20-41)44-31-33-48-46-26-14-16-28-51(46)57(54(48)37-44)43-23-11-4-12-24-43/h1-37H. The maximum absolute atomic E-state index is 2.42. The Balaban J connectivity index is 1.19. The Bertz CT molecular complexity index is 3220. The lowest BCUT2D eigenvalue weighted by Crippen LogP contribution is -2.11. The molecule has 0 saturated carbocycles. The quantitative estimate of drug-likeness (QED) is 0.159. The molecule has 3 nitrogen and oxygen atoms in total. The van der Waals surface area contributed by atoms with Gasteiger partial charge in [-0.3, -0.25) is 0 Å². The number of para-hydroxylation sites is 5. The van der Waals surface area contributed by atoms with E-state index in [1.54, 1.807) is 0 Å². The highest BCUT2D eigenvalue weighted by Gasteiger charge is 2.22. The summed E-state index contributed by atoms with van der Waals surface area (Å²) in [7, 11) is 0. The van der Waals surface area contributed by atoms with Gasteiger partial charge in [-0.2, -0.15) is 0 Å². The number of fused-ring (bicyclic) bond motifs is 6. The van der Waals surface area contributed by atoms with Crippen molar-refractivity contribution in [2.24, 2.45) is 0 Å². The summed E-state index contributed by atoms with van der Waals surface area (Å²) in [6.45, 7) is 0. The first-order chi connectivity index (χ1) is 28.3. The van der Waals surface area contributed by atoms with E-state index in [1.165, 1.54) is 49.2 Å². The topological polar surface area (TPSA) is 13.1 Å². The summed E-state index contributed by atoms with van der Waals surface area (Å²) in [5.74, 6) is 0. The Labute approximate surface area is 331 Å². The molecule has 0 amide bonds. The minimum atomic E-state index is 1.09. The third kappa shape index (κ3) is 5.51. The van der Waals surface area contributed by atoms with Crippen LogP contribution in [0, 0.1) is 0 Å². The Morgan fingerprint density at radius 1 is 0.281 bits per heavy atom. The molecule has 0 aliphatic heterocycles. The van der Waals surface area contributed by atoms with E-state index in [9.17, 15) is 0 Å². The van der Waals surface area contributed by atoms with Crippen molar-refractivity contribution in [1.82, 2.24) is 9.13 Å². The molecule has 0 unspecified atom stereocenters. The molecule has 57 heavy (non-hydrogen) atoms. The van der Waals surface area contributed by atoms with E-state index in [-0.39, 0.29) is 0 Å². The molecule has 0 atom stereocenters. The fraction of sp³-hybridized carbons (Fsp3) is 0. The van der Waals surface area contributed by atoms with Crippen LogP contribution in [-0.4, -0.2) is 9.13 Å². The highest BCUT2D eigenvalue weighted by Crippen LogP contribution is 2.45. The molecule has 11 aromatic rings. The number of hydrogen-bond donors (Lipinski definition) is 0. The minimum absolute atomic E-state index is 1.09. The molecule has 0 radical (unpaired) electrons. The molecule has 0 saturated heterocycles. The van der Waals surface area contributed by atoms with Gasteiger partial charge in [-0.05, 0) is 95.6 Å². The van der Waals surface area contributed by atoms with Gasteiger partial charge in [-0.25, -0.2) is 0 Å². The molecule has 2 heterocycles. The van der Waals surface area contributed by atoms with Crippen LogP contribution in [0.25, 0.3) is 77.2 Å². The first-order valence-corrected chi connectivity index (χ1v) is 19.5. The molecular formula is C54H37N3. The summed E-state index contributed by atoms with van der Waals surface area (Å²) in [6, 6.07) is 81.2. The highest BCUT2D eigenvalue weighted by molar-refractivity contribution is 6.12. The monoisotopic (exact) mass is 727 g/mol. The van der Waals surface area contributed by atoms with Crippen LogP contribution < -0.4 is 4.90 Å². The SMILES string of the molecule is c1ccc(-c2ccc(N(c3ccccc3)c3ccc4c5ccccc5n(-c5ccccc5)c4c3)c(-c3ccc4c5ccccc5n(-c5ccccc5)c4c3)c2)cc1. The Morgan fingerprint density at radius 2 is 0.754 bits per heavy atom. The van der Waals surface area contributed by atoms with Gasteiger partial charge in [0.05, 0.1) is 27.8 Å². The summed E-state index contributed by atoms with van der Waals surface area (Å²) in [5, 5.41) is 4.95. The molecule has 11 rings (SSSR count). The van der Waals surface area contributed by atoms with Gasteiger partial charge in [0.1, 0.15) is 0 Å². The van der Waals surface area contributed by atoms with Crippen LogP contribution in [0.3, 0.4) is 0 Å². The van der Waals surface area contributed by atoms with E-state index in [0.29, 0.717) is 0 Å². The minimum Gasteiger partial charge on any atom is -0.310 e. The molecule has 0 spiro atoms. The Hall–Kier alpha value is -7.62. The fourth-order valence-corrected chi connectivity index (χ4v) is 8.72. The number of hydrogen-bond acceptors (Lipinski definition) is 1. The summed E-state index contributed by atoms with van der Waals surface area (Å²) < 4.78 is 4.80. The van der Waals surface area contributed by atoms with E-state index < -0.39 is 0 Å². The van der Waals surface area contributed by atoms with Crippen molar-refractivity contribution >= 4 is 60.7 Å². The second-order valence-electron chi connectivity index (χ2n) is 14.6. The number of rotatable bonds is 7. The van der Waals surface area contributed by atoms with Gasteiger partial charge < -0.3 is 14.0 Å². The molecule has 2 aromatic heterocycles. The summed E-state index contributed by atoms with van der Waals surface area (Å²) in [5.41, 5.74) is 14.9. The van der Waals surface area contributed by atoms with Crippen LogP contribution in [0.4, 0.5) is 17.1 Å². The van der Waals surface area contributed by atoms with Crippen molar-refractivity contribution in [3.8, 4) is 33.6 Å². The van der Waals surface area contributed by atoms with Crippen LogP contribution in [0.1, 0.15) is 0 Å². The normalized spacial score (nSPS) is 11.5. The van der Waals surface area contributed by atoms with Crippen molar-refractivity contribution in [2.45, 2.75) is 0 Å². The molecule has 0 aliphatic carbocycles. The maximum Gasteiger partial charge on any atom is 0.0561 e. The van der Waals surface area contributed by atoms with Gasteiger partial charge in [-0.1, -0.05) is 146 Å². The van der Waals surface area contributed by atoms with E-state index in [4.69, 9.17) is 0 Å². The smallest absolute Gasteiger partial charge is 0.0561 e. The summed E-state index contributed by atoms with van der Waals surface area (Å²) >= 11 is 0. The zero-order valence-electron chi connectivity index (χ0n) is 31.2. The lowest BCUT2D eigenvalue weighted by atomic mass is 9.95. The molecule has 268 valence electrons. The third-order valence-corrected chi connectivity index (χ3v) is 11.3.